The Hall–Kier alpha value is -1.55. The number of rotatable bonds is 3. The highest BCUT2D eigenvalue weighted by molar-refractivity contribution is 6.33. The molecule has 1 heterocycles. The molecule has 0 bridgehead atoms. The smallest absolute Gasteiger partial charge is 0.260 e. The molecule has 88 valence electrons. The van der Waals surface area contributed by atoms with Crippen molar-refractivity contribution in [1.29, 1.82) is 0 Å². The third-order valence-electron chi connectivity index (χ3n) is 2.92. The van der Waals surface area contributed by atoms with Crippen molar-refractivity contribution < 1.29 is 4.52 Å². The molecule has 0 spiro atoms. The third kappa shape index (κ3) is 2.13. The molecule has 4 nitrogen and oxygen atoms in total. The molecule has 1 aromatic heterocycles. The molecule has 2 aromatic rings. The van der Waals surface area contributed by atoms with E-state index in [1.165, 1.54) is 12.8 Å². The average Bonchev–Trinajstić information content (AvgIpc) is 3.00. The zero-order valence-electron chi connectivity index (χ0n) is 9.19. The number of anilines is 1. The van der Waals surface area contributed by atoms with Crippen molar-refractivity contribution in [2.45, 2.75) is 19.3 Å². The van der Waals surface area contributed by atoms with Gasteiger partial charge < -0.3 is 10.3 Å². The van der Waals surface area contributed by atoms with Gasteiger partial charge in [-0.3, -0.25) is 0 Å². The molecule has 0 saturated heterocycles. The Morgan fingerprint density at radius 1 is 1.41 bits per heavy atom. The topological polar surface area (TPSA) is 64.9 Å². The van der Waals surface area contributed by atoms with E-state index in [2.05, 4.69) is 10.1 Å². The summed E-state index contributed by atoms with van der Waals surface area (Å²) in [4.78, 5) is 4.35. The van der Waals surface area contributed by atoms with Gasteiger partial charge in [-0.1, -0.05) is 22.8 Å². The van der Waals surface area contributed by atoms with Gasteiger partial charge in [0, 0.05) is 6.42 Å². The minimum absolute atomic E-state index is 0.445. The SMILES string of the molecule is Nc1c(Cl)cccc1-c1nc(CC2CC2)no1. The van der Waals surface area contributed by atoms with Gasteiger partial charge in [0.1, 0.15) is 0 Å². The highest BCUT2D eigenvalue weighted by atomic mass is 35.5. The summed E-state index contributed by atoms with van der Waals surface area (Å²) >= 11 is 5.95. The normalized spacial score (nSPS) is 15.1. The van der Waals surface area contributed by atoms with Crippen molar-refractivity contribution in [3.05, 3.63) is 29.0 Å². The molecule has 0 aliphatic heterocycles. The molecule has 1 aliphatic rings. The standard InChI is InChI=1S/C12H12ClN3O/c13-9-3-1-2-8(11(9)14)12-15-10(16-17-12)6-7-4-5-7/h1-3,7H,4-6,14H2. The Labute approximate surface area is 104 Å². The first-order valence-electron chi connectivity index (χ1n) is 5.61. The molecule has 1 aliphatic carbocycles. The second-order valence-corrected chi connectivity index (χ2v) is 4.77. The minimum atomic E-state index is 0.445. The summed E-state index contributed by atoms with van der Waals surface area (Å²) in [6.07, 6.45) is 3.43. The maximum absolute atomic E-state index is 5.95. The van der Waals surface area contributed by atoms with Gasteiger partial charge >= 0.3 is 0 Å². The summed E-state index contributed by atoms with van der Waals surface area (Å²) in [6.45, 7) is 0. The molecule has 2 N–H and O–H groups in total. The fraction of sp³-hybridized carbons (Fsp3) is 0.333. The van der Waals surface area contributed by atoms with Gasteiger partial charge in [0.15, 0.2) is 5.82 Å². The highest BCUT2D eigenvalue weighted by Crippen LogP contribution is 2.33. The van der Waals surface area contributed by atoms with Crippen LogP contribution in [0.15, 0.2) is 22.7 Å². The van der Waals surface area contributed by atoms with Gasteiger partial charge in [-0.05, 0) is 30.9 Å². The quantitative estimate of drug-likeness (QED) is 0.850. The van der Waals surface area contributed by atoms with Gasteiger partial charge in [-0.2, -0.15) is 4.98 Å². The number of halogens is 1. The van der Waals surface area contributed by atoms with E-state index in [0.717, 1.165) is 18.2 Å². The number of aromatic nitrogens is 2. The summed E-state index contributed by atoms with van der Waals surface area (Å²) in [6, 6.07) is 5.39. The number of benzene rings is 1. The highest BCUT2D eigenvalue weighted by Gasteiger charge is 2.24. The van der Waals surface area contributed by atoms with Crippen LogP contribution in [0.2, 0.25) is 5.02 Å². The summed E-state index contributed by atoms with van der Waals surface area (Å²) < 4.78 is 5.22. The Balaban J connectivity index is 1.91. The van der Waals surface area contributed by atoms with Crippen LogP contribution in [0.4, 0.5) is 5.69 Å². The maximum Gasteiger partial charge on any atom is 0.260 e. The molecule has 1 aromatic carbocycles. The molecule has 0 amide bonds. The average molecular weight is 250 g/mol. The number of para-hydroxylation sites is 1. The van der Waals surface area contributed by atoms with E-state index in [0.29, 0.717) is 22.2 Å². The number of nitrogens with two attached hydrogens (primary N) is 1. The third-order valence-corrected chi connectivity index (χ3v) is 3.25. The number of hydrogen-bond acceptors (Lipinski definition) is 4. The molecule has 1 fully saturated rings. The van der Waals surface area contributed by atoms with E-state index in [9.17, 15) is 0 Å². The fourth-order valence-electron chi connectivity index (χ4n) is 1.75. The second-order valence-electron chi connectivity index (χ2n) is 4.36. The maximum atomic E-state index is 5.95. The molecular formula is C12H12ClN3O. The molecule has 17 heavy (non-hydrogen) atoms. The molecule has 0 unspecified atom stereocenters. The first-order valence-corrected chi connectivity index (χ1v) is 5.99. The summed E-state index contributed by atoms with van der Waals surface area (Å²) in [7, 11) is 0. The Bertz CT molecular complexity index is 548. The number of nitrogens with zero attached hydrogens (tertiary/aromatic N) is 2. The van der Waals surface area contributed by atoms with Gasteiger partial charge in [0.05, 0.1) is 16.3 Å². The molecule has 3 rings (SSSR count). The molecule has 1 saturated carbocycles. The molecule has 0 atom stereocenters. The van der Waals surface area contributed by atoms with Crippen molar-refractivity contribution >= 4 is 17.3 Å². The zero-order valence-corrected chi connectivity index (χ0v) is 9.94. The summed E-state index contributed by atoms with van der Waals surface area (Å²) in [5.74, 6) is 1.93. The lowest BCUT2D eigenvalue weighted by Gasteiger charge is -2.01. The van der Waals surface area contributed by atoms with E-state index in [-0.39, 0.29) is 0 Å². The summed E-state index contributed by atoms with van der Waals surface area (Å²) in [5.41, 5.74) is 7.06. The van der Waals surface area contributed by atoms with Crippen molar-refractivity contribution in [2.24, 2.45) is 5.92 Å². The van der Waals surface area contributed by atoms with E-state index < -0.39 is 0 Å². The largest absolute Gasteiger partial charge is 0.397 e. The Kier molecular flexibility index (Phi) is 2.52. The van der Waals surface area contributed by atoms with Crippen LogP contribution in [0, 0.1) is 5.92 Å². The van der Waals surface area contributed by atoms with Crippen molar-refractivity contribution in [1.82, 2.24) is 10.1 Å². The lowest BCUT2D eigenvalue weighted by molar-refractivity contribution is 0.421. The minimum Gasteiger partial charge on any atom is -0.397 e. The first-order chi connectivity index (χ1) is 8.24. The van der Waals surface area contributed by atoms with Crippen LogP contribution in [0.3, 0.4) is 0 Å². The predicted octanol–water partition coefficient (Wildman–Crippen LogP) is 2.92. The molecule has 0 radical (unpaired) electrons. The lowest BCUT2D eigenvalue weighted by Crippen LogP contribution is -1.92. The van der Waals surface area contributed by atoms with Crippen LogP contribution >= 0.6 is 11.6 Å². The van der Waals surface area contributed by atoms with Crippen molar-refractivity contribution in [3.8, 4) is 11.5 Å². The molecular weight excluding hydrogens is 238 g/mol. The van der Waals surface area contributed by atoms with E-state index in [1.54, 1.807) is 6.07 Å². The van der Waals surface area contributed by atoms with Crippen LogP contribution in [0.5, 0.6) is 0 Å². The van der Waals surface area contributed by atoms with E-state index in [1.807, 2.05) is 12.1 Å². The fourth-order valence-corrected chi connectivity index (χ4v) is 1.92. The zero-order chi connectivity index (χ0) is 11.8. The van der Waals surface area contributed by atoms with Gasteiger partial charge in [0.2, 0.25) is 0 Å². The van der Waals surface area contributed by atoms with Gasteiger partial charge in [0.25, 0.3) is 5.89 Å². The lowest BCUT2D eigenvalue weighted by atomic mass is 10.2. The van der Waals surface area contributed by atoms with Crippen LogP contribution in [-0.2, 0) is 6.42 Å². The number of hydrogen-bond donors (Lipinski definition) is 1. The second kappa shape index (κ2) is 4.04. The van der Waals surface area contributed by atoms with E-state index in [4.69, 9.17) is 21.9 Å². The van der Waals surface area contributed by atoms with Gasteiger partial charge in [-0.15, -0.1) is 0 Å². The Morgan fingerprint density at radius 2 is 2.24 bits per heavy atom. The van der Waals surface area contributed by atoms with Crippen LogP contribution in [0.25, 0.3) is 11.5 Å². The van der Waals surface area contributed by atoms with Crippen molar-refractivity contribution in [3.63, 3.8) is 0 Å². The molecule has 5 heteroatoms. The monoisotopic (exact) mass is 249 g/mol. The van der Waals surface area contributed by atoms with Crippen molar-refractivity contribution in [2.75, 3.05) is 5.73 Å². The van der Waals surface area contributed by atoms with Crippen LogP contribution in [-0.4, -0.2) is 10.1 Å². The van der Waals surface area contributed by atoms with Gasteiger partial charge in [-0.25, -0.2) is 0 Å². The predicted molar refractivity (Wildman–Crippen MR) is 65.6 cm³/mol. The van der Waals surface area contributed by atoms with E-state index >= 15 is 0 Å². The Morgan fingerprint density at radius 3 is 3.00 bits per heavy atom. The van der Waals surface area contributed by atoms with Crippen LogP contribution < -0.4 is 5.73 Å². The number of nitrogen functional groups attached to an aromatic ring is 1. The first kappa shape index (κ1) is 10.6. The van der Waals surface area contributed by atoms with Crippen LogP contribution in [0.1, 0.15) is 18.7 Å². The summed E-state index contributed by atoms with van der Waals surface area (Å²) in [5, 5.41) is 4.46.